The number of aromatic carboxylic acids is 1. The lowest BCUT2D eigenvalue weighted by atomic mass is 10.2. The van der Waals surface area contributed by atoms with Crippen LogP contribution in [0, 0.1) is 0 Å². The van der Waals surface area contributed by atoms with Crippen LogP contribution in [0.3, 0.4) is 0 Å². The molecular formula is C16H13N5O3. The zero-order chi connectivity index (χ0) is 16.7. The third-order valence-corrected chi connectivity index (χ3v) is 3.78. The number of aryl methyl sites for hydroxylation is 1. The molecule has 8 nitrogen and oxygen atoms in total. The molecular weight excluding hydrogens is 310 g/mol. The van der Waals surface area contributed by atoms with Gasteiger partial charge in [0.25, 0.3) is 0 Å². The van der Waals surface area contributed by atoms with E-state index in [-0.39, 0.29) is 5.56 Å². The quantitative estimate of drug-likeness (QED) is 0.594. The molecule has 0 spiro atoms. The third kappa shape index (κ3) is 2.34. The van der Waals surface area contributed by atoms with Gasteiger partial charge in [-0.25, -0.2) is 14.8 Å². The predicted molar refractivity (Wildman–Crippen MR) is 86.8 cm³/mol. The fourth-order valence-electron chi connectivity index (χ4n) is 2.58. The van der Waals surface area contributed by atoms with Gasteiger partial charge in [-0.1, -0.05) is 6.07 Å². The molecule has 0 atom stereocenters. The van der Waals surface area contributed by atoms with Gasteiger partial charge in [0.1, 0.15) is 23.5 Å². The highest BCUT2D eigenvalue weighted by Gasteiger charge is 2.10. The van der Waals surface area contributed by atoms with Crippen LogP contribution in [0.1, 0.15) is 16.1 Å². The monoisotopic (exact) mass is 323 g/mol. The van der Waals surface area contributed by atoms with Crippen molar-refractivity contribution in [3.05, 3.63) is 48.1 Å². The molecule has 0 fully saturated rings. The first-order chi connectivity index (χ1) is 11.6. The van der Waals surface area contributed by atoms with Crippen LogP contribution in [0.25, 0.3) is 22.0 Å². The highest BCUT2D eigenvalue weighted by molar-refractivity contribution is 5.92. The second-order valence-electron chi connectivity index (χ2n) is 5.35. The molecule has 2 N–H and O–H groups in total. The number of hydrogen-bond donors (Lipinski definition) is 2. The van der Waals surface area contributed by atoms with Crippen LogP contribution in [0.15, 0.2) is 41.2 Å². The fraction of sp³-hybridized carbons (Fsp3) is 0.125. The molecule has 3 heterocycles. The standard InChI is InChI=1S/C16H13N5O3/c1-21-15-12(7-20-21)14(18-8-19-15)17-6-11-4-9-2-3-10(16(22)23)5-13(9)24-11/h2-5,7-8H,6H2,1H3,(H,22,23)(H,17,18,19). The van der Waals surface area contributed by atoms with E-state index in [1.165, 1.54) is 12.4 Å². The maximum Gasteiger partial charge on any atom is 0.335 e. The number of rotatable bonds is 4. The Morgan fingerprint density at radius 2 is 2.21 bits per heavy atom. The van der Waals surface area contributed by atoms with Gasteiger partial charge in [-0.05, 0) is 18.2 Å². The molecule has 4 aromatic rings. The van der Waals surface area contributed by atoms with Crippen LogP contribution in [0.5, 0.6) is 0 Å². The summed E-state index contributed by atoms with van der Waals surface area (Å²) in [5.74, 6) is 0.371. The van der Waals surface area contributed by atoms with Gasteiger partial charge in [-0.3, -0.25) is 4.68 Å². The average molecular weight is 323 g/mol. The number of aromatic nitrogens is 4. The van der Waals surface area contributed by atoms with Gasteiger partial charge in [-0.15, -0.1) is 0 Å². The molecule has 0 saturated heterocycles. The van der Waals surface area contributed by atoms with Crippen molar-refractivity contribution in [3.63, 3.8) is 0 Å². The zero-order valence-corrected chi connectivity index (χ0v) is 12.7. The van der Waals surface area contributed by atoms with Crippen molar-refractivity contribution >= 4 is 33.8 Å². The highest BCUT2D eigenvalue weighted by atomic mass is 16.4. The molecule has 4 rings (SSSR count). The summed E-state index contributed by atoms with van der Waals surface area (Å²) >= 11 is 0. The maximum atomic E-state index is 11.0. The van der Waals surface area contributed by atoms with Crippen LogP contribution in [0.4, 0.5) is 5.82 Å². The smallest absolute Gasteiger partial charge is 0.335 e. The number of hydrogen-bond acceptors (Lipinski definition) is 6. The number of fused-ring (bicyclic) bond motifs is 2. The van der Waals surface area contributed by atoms with Crippen molar-refractivity contribution in [1.82, 2.24) is 19.7 Å². The van der Waals surface area contributed by atoms with E-state index in [2.05, 4.69) is 20.4 Å². The molecule has 0 radical (unpaired) electrons. The largest absolute Gasteiger partial charge is 0.478 e. The lowest BCUT2D eigenvalue weighted by Gasteiger charge is -2.04. The van der Waals surface area contributed by atoms with Crippen molar-refractivity contribution < 1.29 is 14.3 Å². The lowest BCUT2D eigenvalue weighted by Crippen LogP contribution is -2.01. The minimum Gasteiger partial charge on any atom is -0.478 e. The molecule has 120 valence electrons. The topological polar surface area (TPSA) is 106 Å². The third-order valence-electron chi connectivity index (χ3n) is 3.78. The predicted octanol–water partition coefficient (Wildman–Crippen LogP) is 2.42. The van der Waals surface area contributed by atoms with Crippen molar-refractivity contribution in [3.8, 4) is 0 Å². The minimum absolute atomic E-state index is 0.198. The number of nitrogens with zero attached hydrogens (tertiary/aromatic N) is 4. The van der Waals surface area contributed by atoms with Crippen LogP contribution >= 0.6 is 0 Å². The SMILES string of the molecule is Cn1ncc2c(NCc3cc4ccc(C(=O)O)cc4o3)ncnc21. The Hall–Kier alpha value is -3.42. The molecule has 0 saturated carbocycles. The molecule has 0 amide bonds. The Morgan fingerprint density at radius 3 is 3.04 bits per heavy atom. The van der Waals surface area contributed by atoms with Gasteiger partial charge in [0.2, 0.25) is 0 Å². The fourth-order valence-corrected chi connectivity index (χ4v) is 2.58. The van der Waals surface area contributed by atoms with E-state index < -0.39 is 5.97 Å². The first kappa shape index (κ1) is 14.2. The van der Waals surface area contributed by atoms with Gasteiger partial charge in [0, 0.05) is 12.4 Å². The summed E-state index contributed by atoms with van der Waals surface area (Å²) in [5, 5.41) is 18.1. The number of benzene rings is 1. The van der Waals surface area contributed by atoms with Gasteiger partial charge in [0.15, 0.2) is 5.65 Å². The van der Waals surface area contributed by atoms with Gasteiger partial charge < -0.3 is 14.8 Å². The Labute approximate surface area is 135 Å². The molecule has 0 unspecified atom stereocenters. The number of carbonyl (C=O) groups is 1. The Balaban J connectivity index is 1.61. The van der Waals surface area contributed by atoms with Crippen LogP contribution in [-0.2, 0) is 13.6 Å². The summed E-state index contributed by atoms with van der Waals surface area (Å²) in [6.45, 7) is 0.415. The second-order valence-corrected chi connectivity index (χ2v) is 5.35. The van der Waals surface area contributed by atoms with E-state index in [1.807, 2.05) is 13.1 Å². The summed E-state index contributed by atoms with van der Waals surface area (Å²) in [4.78, 5) is 19.4. The number of carboxylic acid groups (broad SMARTS) is 1. The summed E-state index contributed by atoms with van der Waals surface area (Å²) < 4.78 is 7.39. The van der Waals surface area contributed by atoms with E-state index in [4.69, 9.17) is 9.52 Å². The van der Waals surface area contributed by atoms with Crippen molar-refractivity contribution in [1.29, 1.82) is 0 Å². The molecule has 24 heavy (non-hydrogen) atoms. The number of anilines is 1. The molecule has 0 aliphatic carbocycles. The van der Waals surface area contributed by atoms with Crippen molar-refractivity contribution in [2.75, 3.05) is 5.32 Å². The summed E-state index contributed by atoms with van der Waals surface area (Å²) in [6, 6.07) is 6.68. The minimum atomic E-state index is -0.979. The average Bonchev–Trinajstić information content (AvgIpc) is 3.16. The Kier molecular flexibility index (Phi) is 3.16. The molecule has 0 aliphatic rings. The van der Waals surface area contributed by atoms with Crippen molar-refractivity contribution in [2.24, 2.45) is 7.05 Å². The van der Waals surface area contributed by atoms with E-state index in [9.17, 15) is 4.79 Å². The first-order valence-electron chi connectivity index (χ1n) is 7.24. The maximum absolute atomic E-state index is 11.0. The summed E-state index contributed by atoms with van der Waals surface area (Å²) in [5.41, 5.74) is 1.48. The molecule has 0 bridgehead atoms. The number of nitrogens with one attached hydrogen (secondary N) is 1. The van der Waals surface area contributed by atoms with E-state index in [0.717, 1.165) is 16.4 Å². The molecule has 3 aromatic heterocycles. The number of furan rings is 1. The van der Waals surface area contributed by atoms with E-state index in [0.29, 0.717) is 23.7 Å². The van der Waals surface area contributed by atoms with E-state index >= 15 is 0 Å². The molecule has 8 heteroatoms. The van der Waals surface area contributed by atoms with Gasteiger partial charge in [-0.2, -0.15) is 5.10 Å². The Morgan fingerprint density at radius 1 is 1.33 bits per heavy atom. The van der Waals surface area contributed by atoms with Gasteiger partial charge >= 0.3 is 5.97 Å². The number of carboxylic acids is 1. The van der Waals surface area contributed by atoms with Crippen LogP contribution in [0.2, 0.25) is 0 Å². The summed E-state index contributed by atoms with van der Waals surface area (Å²) in [7, 11) is 1.82. The van der Waals surface area contributed by atoms with Crippen LogP contribution < -0.4 is 5.32 Å². The van der Waals surface area contributed by atoms with E-state index in [1.54, 1.807) is 23.0 Å². The Bertz CT molecular complexity index is 1070. The lowest BCUT2D eigenvalue weighted by molar-refractivity contribution is 0.0697. The first-order valence-corrected chi connectivity index (χ1v) is 7.24. The highest BCUT2D eigenvalue weighted by Crippen LogP contribution is 2.23. The molecule has 0 aliphatic heterocycles. The zero-order valence-electron chi connectivity index (χ0n) is 12.7. The van der Waals surface area contributed by atoms with Gasteiger partial charge in [0.05, 0.1) is 23.7 Å². The normalized spacial score (nSPS) is 11.2. The van der Waals surface area contributed by atoms with Crippen molar-refractivity contribution in [2.45, 2.75) is 6.54 Å². The summed E-state index contributed by atoms with van der Waals surface area (Å²) in [6.07, 6.45) is 3.18. The second kappa shape index (κ2) is 5.34. The molecule has 1 aromatic carbocycles. The van der Waals surface area contributed by atoms with Crippen LogP contribution in [-0.4, -0.2) is 30.8 Å².